The molecule has 90 valence electrons. The van der Waals surface area contributed by atoms with Crippen LogP contribution in [0.25, 0.3) is 0 Å². The number of rotatable bonds is 3. The lowest BCUT2D eigenvalue weighted by molar-refractivity contribution is 0.0872. The second-order valence-corrected chi connectivity index (χ2v) is 4.58. The molecule has 1 aliphatic rings. The fraction of sp³-hybridized carbons (Fsp3) is 0.545. The van der Waals surface area contributed by atoms with Crippen molar-refractivity contribution >= 4 is 0 Å². The summed E-state index contributed by atoms with van der Waals surface area (Å²) in [5.41, 5.74) is 1.21. The van der Waals surface area contributed by atoms with Crippen LogP contribution in [0.5, 0.6) is 0 Å². The van der Waals surface area contributed by atoms with Gasteiger partial charge in [-0.15, -0.1) is 0 Å². The minimum absolute atomic E-state index is 0.483. The number of aromatic nitrogens is 4. The molecule has 17 heavy (non-hydrogen) atoms. The van der Waals surface area contributed by atoms with Crippen molar-refractivity contribution < 1.29 is 4.52 Å². The summed E-state index contributed by atoms with van der Waals surface area (Å²) in [7, 11) is 0. The Bertz CT molecular complexity index is 511. The topological polar surface area (TPSA) is 60.0 Å². The summed E-state index contributed by atoms with van der Waals surface area (Å²) in [6, 6.07) is 0.483. The normalized spacial score (nSPS) is 17.3. The maximum atomic E-state index is 4.94. The van der Waals surface area contributed by atoms with E-state index in [-0.39, 0.29) is 0 Å². The fourth-order valence-corrected chi connectivity index (χ4v) is 2.08. The Hall–Kier alpha value is -1.69. The maximum absolute atomic E-state index is 4.94. The fourth-order valence-electron chi connectivity index (χ4n) is 2.08. The van der Waals surface area contributed by atoms with Gasteiger partial charge < -0.3 is 4.52 Å². The molecular formula is C11H15N5O. The molecule has 0 bridgehead atoms. The van der Waals surface area contributed by atoms with Crippen LogP contribution in [-0.4, -0.2) is 37.9 Å². The van der Waals surface area contributed by atoms with Gasteiger partial charge in [0.15, 0.2) is 5.82 Å². The van der Waals surface area contributed by atoms with Crippen LogP contribution >= 0.6 is 0 Å². The van der Waals surface area contributed by atoms with Crippen LogP contribution < -0.4 is 0 Å². The minimum Gasteiger partial charge on any atom is -0.340 e. The lowest BCUT2D eigenvalue weighted by Gasteiger charge is -2.38. The third-order valence-electron chi connectivity index (χ3n) is 2.98. The highest BCUT2D eigenvalue weighted by Gasteiger charge is 2.29. The molecule has 1 aliphatic heterocycles. The maximum Gasteiger partial charge on any atom is 0.223 e. The van der Waals surface area contributed by atoms with E-state index >= 15 is 0 Å². The Morgan fingerprint density at radius 3 is 2.82 bits per heavy atom. The molecule has 2 aromatic rings. The van der Waals surface area contributed by atoms with Gasteiger partial charge in [-0.05, 0) is 12.5 Å². The summed E-state index contributed by atoms with van der Waals surface area (Å²) in [6.07, 6.45) is 3.98. The minimum atomic E-state index is 0.483. The van der Waals surface area contributed by atoms with Gasteiger partial charge in [-0.25, -0.2) is 0 Å². The van der Waals surface area contributed by atoms with Crippen molar-refractivity contribution in [2.24, 2.45) is 0 Å². The average Bonchev–Trinajstić information content (AvgIpc) is 2.81. The van der Waals surface area contributed by atoms with Gasteiger partial charge in [-0.2, -0.15) is 10.1 Å². The first-order valence-electron chi connectivity index (χ1n) is 5.73. The SMILES string of the molecule is Cc1cnn(C2CN(Cc3noc(C)n3)C2)c1. The first-order chi connectivity index (χ1) is 8.20. The van der Waals surface area contributed by atoms with Gasteiger partial charge in [0.1, 0.15) is 0 Å². The predicted octanol–water partition coefficient (Wildman–Crippen LogP) is 0.940. The second-order valence-electron chi connectivity index (χ2n) is 4.58. The lowest BCUT2D eigenvalue weighted by atomic mass is 10.1. The number of hydrogen-bond donors (Lipinski definition) is 0. The highest BCUT2D eigenvalue weighted by Crippen LogP contribution is 2.22. The molecular weight excluding hydrogens is 218 g/mol. The summed E-state index contributed by atoms with van der Waals surface area (Å²) >= 11 is 0. The van der Waals surface area contributed by atoms with Gasteiger partial charge in [0.2, 0.25) is 5.89 Å². The quantitative estimate of drug-likeness (QED) is 0.789. The highest BCUT2D eigenvalue weighted by molar-refractivity contribution is 5.02. The Morgan fingerprint density at radius 2 is 2.24 bits per heavy atom. The van der Waals surface area contributed by atoms with E-state index in [1.807, 2.05) is 17.8 Å². The Labute approximate surface area is 99.2 Å². The van der Waals surface area contributed by atoms with E-state index in [1.54, 1.807) is 0 Å². The molecule has 0 aliphatic carbocycles. The largest absolute Gasteiger partial charge is 0.340 e. The van der Waals surface area contributed by atoms with Gasteiger partial charge in [0, 0.05) is 26.2 Å². The zero-order valence-corrected chi connectivity index (χ0v) is 10.00. The van der Waals surface area contributed by atoms with Crippen LogP contribution in [0.15, 0.2) is 16.9 Å². The molecule has 0 N–H and O–H groups in total. The Kier molecular flexibility index (Phi) is 2.44. The smallest absolute Gasteiger partial charge is 0.223 e. The van der Waals surface area contributed by atoms with Crippen molar-refractivity contribution in [3.05, 3.63) is 29.7 Å². The van der Waals surface area contributed by atoms with E-state index in [0.717, 1.165) is 25.5 Å². The summed E-state index contributed by atoms with van der Waals surface area (Å²) in [5, 5.41) is 8.21. The van der Waals surface area contributed by atoms with Gasteiger partial charge in [0.05, 0.1) is 18.8 Å². The van der Waals surface area contributed by atoms with Crippen LogP contribution in [0.3, 0.4) is 0 Å². The molecule has 0 aromatic carbocycles. The van der Waals surface area contributed by atoms with Crippen molar-refractivity contribution in [1.29, 1.82) is 0 Å². The van der Waals surface area contributed by atoms with Gasteiger partial charge >= 0.3 is 0 Å². The molecule has 0 atom stereocenters. The number of aryl methyl sites for hydroxylation is 2. The van der Waals surface area contributed by atoms with Crippen LogP contribution in [0.4, 0.5) is 0 Å². The molecule has 3 rings (SSSR count). The third-order valence-corrected chi connectivity index (χ3v) is 2.98. The second kappa shape index (κ2) is 3.96. The third kappa shape index (κ3) is 2.08. The van der Waals surface area contributed by atoms with E-state index in [2.05, 4.69) is 33.3 Å². The molecule has 0 amide bonds. The molecule has 0 radical (unpaired) electrons. The van der Waals surface area contributed by atoms with Gasteiger partial charge in [-0.3, -0.25) is 9.58 Å². The van der Waals surface area contributed by atoms with Crippen LogP contribution in [-0.2, 0) is 6.54 Å². The Balaban J connectivity index is 1.55. The van der Waals surface area contributed by atoms with Gasteiger partial charge in [-0.1, -0.05) is 5.16 Å². The van der Waals surface area contributed by atoms with Crippen molar-refractivity contribution in [3.63, 3.8) is 0 Å². The molecule has 6 nitrogen and oxygen atoms in total. The molecule has 0 spiro atoms. The zero-order valence-electron chi connectivity index (χ0n) is 10.00. The monoisotopic (exact) mass is 233 g/mol. The van der Waals surface area contributed by atoms with Crippen LogP contribution in [0.2, 0.25) is 0 Å². The number of hydrogen-bond acceptors (Lipinski definition) is 5. The average molecular weight is 233 g/mol. The zero-order chi connectivity index (χ0) is 11.8. The first kappa shape index (κ1) is 10.5. The van der Waals surface area contributed by atoms with Crippen molar-refractivity contribution in [3.8, 4) is 0 Å². The molecule has 0 saturated carbocycles. The first-order valence-corrected chi connectivity index (χ1v) is 5.73. The summed E-state index contributed by atoms with van der Waals surface area (Å²) in [6.45, 7) is 6.61. The molecule has 1 saturated heterocycles. The van der Waals surface area contributed by atoms with Crippen molar-refractivity contribution in [2.75, 3.05) is 13.1 Å². The van der Waals surface area contributed by atoms with Crippen LogP contribution in [0.1, 0.15) is 23.3 Å². The molecule has 1 fully saturated rings. The molecule has 2 aromatic heterocycles. The van der Waals surface area contributed by atoms with E-state index in [1.165, 1.54) is 5.56 Å². The predicted molar refractivity (Wildman–Crippen MR) is 60.3 cm³/mol. The number of nitrogens with zero attached hydrogens (tertiary/aromatic N) is 5. The molecule has 0 unspecified atom stereocenters. The van der Waals surface area contributed by atoms with E-state index in [0.29, 0.717) is 11.9 Å². The summed E-state index contributed by atoms with van der Waals surface area (Å²) in [5.74, 6) is 1.39. The Morgan fingerprint density at radius 1 is 1.41 bits per heavy atom. The lowest BCUT2D eigenvalue weighted by Crippen LogP contribution is -2.47. The van der Waals surface area contributed by atoms with E-state index < -0.39 is 0 Å². The van der Waals surface area contributed by atoms with Crippen molar-refractivity contribution in [2.45, 2.75) is 26.4 Å². The van der Waals surface area contributed by atoms with E-state index in [9.17, 15) is 0 Å². The highest BCUT2D eigenvalue weighted by atomic mass is 16.5. The number of likely N-dealkylation sites (tertiary alicyclic amines) is 1. The molecule has 6 heteroatoms. The van der Waals surface area contributed by atoms with E-state index in [4.69, 9.17) is 4.52 Å². The summed E-state index contributed by atoms with van der Waals surface area (Å²) < 4.78 is 6.98. The van der Waals surface area contributed by atoms with Gasteiger partial charge in [0.25, 0.3) is 0 Å². The standard InChI is InChI=1S/C11H15N5O/c1-8-3-12-16(4-8)10-5-15(6-10)7-11-13-9(2)17-14-11/h3-4,10H,5-7H2,1-2H3. The summed E-state index contributed by atoms with van der Waals surface area (Å²) in [4.78, 5) is 6.48. The van der Waals surface area contributed by atoms with Crippen molar-refractivity contribution in [1.82, 2.24) is 24.8 Å². The molecule has 3 heterocycles. The van der Waals surface area contributed by atoms with Crippen LogP contribution in [0, 0.1) is 13.8 Å².